The lowest BCUT2D eigenvalue weighted by Gasteiger charge is -2.17. The van der Waals surface area contributed by atoms with E-state index in [1.807, 2.05) is 32.0 Å². The third kappa shape index (κ3) is 2.26. The zero-order chi connectivity index (χ0) is 11.6. The Morgan fingerprint density at radius 1 is 1.38 bits per heavy atom. The summed E-state index contributed by atoms with van der Waals surface area (Å²) in [6, 6.07) is 7.98. The van der Waals surface area contributed by atoms with Gasteiger partial charge in [0.15, 0.2) is 11.5 Å². The number of nitriles is 1. The van der Waals surface area contributed by atoms with Crippen molar-refractivity contribution < 1.29 is 9.47 Å². The monoisotopic (exact) mass is 218 g/mol. The maximum absolute atomic E-state index is 8.87. The summed E-state index contributed by atoms with van der Waals surface area (Å²) in [6.07, 6.45) is 0. The molecule has 0 fully saturated rings. The minimum Gasteiger partial charge on any atom is -0.454 e. The van der Waals surface area contributed by atoms with E-state index in [4.69, 9.17) is 14.7 Å². The summed E-state index contributed by atoms with van der Waals surface area (Å²) < 4.78 is 10.5. The molecule has 1 aromatic carbocycles. The van der Waals surface area contributed by atoms with Crippen LogP contribution in [0.25, 0.3) is 0 Å². The summed E-state index contributed by atoms with van der Waals surface area (Å²) in [5, 5.41) is 12.0. The van der Waals surface area contributed by atoms with E-state index >= 15 is 0 Å². The Balaban J connectivity index is 2.04. The molecular formula is C12H14N2O2. The zero-order valence-electron chi connectivity index (χ0n) is 9.41. The van der Waals surface area contributed by atoms with Gasteiger partial charge in [-0.15, -0.1) is 0 Å². The van der Waals surface area contributed by atoms with E-state index in [1.165, 1.54) is 0 Å². The lowest BCUT2D eigenvalue weighted by Crippen LogP contribution is -2.36. The molecule has 4 nitrogen and oxygen atoms in total. The van der Waals surface area contributed by atoms with Gasteiger partial charge >= 0.3 is 0 Å². The minimum absolute atomic E-state index is 0.288. The highest BCUT2D eigenvalue weighted by Crippen LogP contribution is 2.32. The highest BCUT2D eigenvalue weighted by molar-refractivity contribution is 5.44. The van der Waals surface area contributed by atoms with Gasteiger partial charge in [-0.05, 0) is 31.5 Å². The van der Waals surface area contributed by atoms with Crippen LogP contribution in [0, 0.1) is 11.3 Å². The predicted octanol–water partition coefficient (Wildman–Crippen LogP) is 1.81. The van der Waals surface area contributed by atoms with Crippen LogP contribution in [0.3, 0.4) is 0 Å². The molecule has 1 heterocycles. The normalized spacial score (nSPS) is 13.6. The zero-order valence-corrected chi connectivity index (χ0v) is 9.41. The van der Waals surface area contributed by atoms with E-state index in [2.05, 4.69) is 11.4 Å². The van der Waals surface area contributed by atoms with E-state index in [1.54, 1.807) is 0 Å². The van der Waals surface area contributed by atoms with Crippen LogP contribution in [0.15, 0.2) is 18.2 Å². The Labute approximate surface area is 94.8 Å². The molecule has 84 valence electrons. The van der Waals surface area contributed by atoms with Gasteiger partial charge in [-0.2, -0.15) is 5.26 Å². The van der Waals surface area contributed by atoms with Gasteiger partial charge in [0.25, 0.3) is 0 Å². The molecule has 0 spiro atoms. The number of hydrogen-bond acceptors (Lipinski definition) is 4. The first-order valence-electron chi connectivity index (χ1n) is 5.15. The predicted molar refractivity (Wildman–Crippen MR) is 59.1 cm³/mol. The number of nitrogens with one attached hydrogen (secondary N) is 1. The van der Waals surface area contributed by atoms with Crippen LogP contribution in [-0.2, 0) is 6.54 Å². The second kappa shape index (κ2) is 4.03. The summed E-state index contributed by atoms with van der Waals surface area (Å²) in [6.45, 7) is 4.62. The van der Waals surface area contributed by atoms with Gasteiger partial charge < -0.3 is 9.47 Å². The smallest absolute Gasteiger partial charge is 0.231 e. The molecule has 0 aromatic heterocycles. The number of ether oxygens (including phenoxy) is 2. The van der Waals surface area contributed by atoms with E-state index in [0.29, 0.717) is 6.54 Å². The average Bonchev–Trinajstić information content (AvgIpc) is 2.73. The van der Waals surface area contributed by atoms with Gasteiger partial charge in [0, 0.05) is 6.54 Å². The molecule has 0 amide bonds. The second-order valence-electron chi connectivity index (χ2n) is 4.28. The van der Waals surface area contributed by atoms with E-state index in [9.17, 15) is 0 Å². The molecular weight excluding hydrogens is 204 g/mol. The van der Waals surface area contributed by atoms with Crippen molar-refractivity contribution in [2.24, 2.45) is 0 Å². The fraction of sp³-hybridized carbons (Fsp3) is 0.417. The van der Waals surface area contributed by atoms with Crippen LogP contribution in [0.2, 0.25) is 0 Å². The van der Waals surface area contributed by atoms with Crippen molar-refractivity contribution >= 4 is 0 Å². The van der Waals surface area contributed by atoms with Crippen molar-refractivity contribution in [2.75, 3.05) is 6.79 Å². The first kappa shape index (κ1) is 10.8. The van der Waals surface area contributed by atoms with Gasteiger partial charge in [0.1, 0.15) is 5.54 Å². The third-order valence-corrected chi connectivity index (χ3v) is 2.45. The van der Waals surface area contributed by atoms with E-state index in [0.717, 1.165) is 17.1 Å². The van der Waals surface area contributed by atoms with Crippen molar-refractivity contribution in [3.8, 4) is 17.6 Å². The Kier molecular flexibility index (Phi) is 2.71. The van der Waals surface area contributed by atoms with E-state index in [-0.39, 0.29) is 6.79 Å². The lowest BCUT2D eigenvalue weighted by molar-refractivity contribution is 0.174. The molecule has 0 saturated heterocycles. The molecule has 0 atom stereocenters. The summed E-state index contributed by atoms with van der Waals surface area (Å²) in [5.74, 6) is 1.55. The number of hydrogen-bond donors (Lipinski definition) is 1. The lowest BCUT2D eigenvalue weighted by atomic mass is 10.1. The fourth-order valence-electron chi connectivity index (χ4n) is 1.41. The quantitative estimate of drug-likeness (QED) is 0.840. The molecule has 0 radical (unpaired) electrons. The molecule has 1 N–H and O–H groups in total. The molecule has 4 heteroatoms. The summed E-state index contributed by atoms with van der Waals surface area (Å²) >= 11 is 0. The van der Waals surface area contributed by atoms with Crippen LogP contribution < -0.4 is 14.8 Å². The Bertz CT molecular complexity index is 435. The van der Waals surface area contributed by atoms with Gasteiger partial charge in [-0.3, -0.25) is 5.32 Å². The third-order valence-electron chi connectivity index (χ3n) is 2.45. The molecule has 16 heavy (non-hydrogen) atoms. The maximum Gasteiger partial charge on any atom is 0.231 e. The van der Waals surface area contributed by atoms with Crippen LogP contribution in [0.5, 0.6) is 11.5 Å². The SMILES string of the molecule is CC(C)(C#N)NCc1ccc2c(c1)OCO2. The molecule has 2 rings (SSSR count). The first-order chi connectivity index (χ1) is 7.61. The van der Waals surface area contributed by atoms with Gasteiger partial charge in [-0.1, -0.05) is 6.07 Å². The highest BCUT2D eigenvalue weighted by atomic mass is 16.7. The Morgan fingerprint density at radius 3 is 2.88 bits per heavy atom. The molecule has 0 saturated carbocycles. The summed E-state index contributed by atoms with van der Waals surface area (Å²) in [4.78, 5) is 0. The minimum atomic E-state index is -0.517. The molecule has 1 aromatic rings. The molecule has 1 aliphatic heterocycles. The van der Waals surface area contributed by atoms with Crippen LogP contribution >= 0.6 is 0 Å². The van der Waals surface area contributed by atoms with Crippen LogP contribution in [0.1, 0.15) is 19.4 Å². The molecule has 0 bridgehead atoms. The summed E-state index contributed by atoms with van der Waals surface area (Å²) in [5.41, 5.74) is 0.559. The topological polar surface area (TPSA) is 54.3 Å². The van der Waals surface area contributed by atoms with Gasteiger partial charge in [0.2, 0.25) is 6.79 Å². The fourth-order valence-corrected chi connectivity index (χ4v) is 1.41. The Morgan fingerprint density at radius 2 is 2.12 bits per heavy atom. The van der Waals surface area contributed by atoms with Crippen molar-refractivity contribution in [2.45, 2.75) is 25.9 Å². The van der Waals surface area contributed by atoms with Crippen LogP contribution in [-0.4, -0.2) is 12.3 Å². The molecule has 0 aliphatic carbocycles. The second-order valence-corrected chi connectivity index (χ2v) is 4.28. The van der Waals surface area contributed by atoms with Crippen LogP contribution in [0.4, 0.5) is 0 Å². The molecule has 0 unspecified atom stereocenters. The average molecular weight is 218 g/mol. The van der Waals surface area contributed by atoms with E-state index < -0.39 is 5.54 Å². The Hall–Kier alpha value is -1.73. The van der Waals surface area contributed by atoms with Crippen molar-refractivity contribution in [3.63, 3.8) is 0 Å². The number of fused-ring (bicyclic) bond motifs is 1. The number of rotatable bonds is 3. The standard InChI is InChI=1S/C12H14N2O2/c1-12(2,7-13)14-6-9-3-4-10-11(5-9)16-8-15-10/h3-5,14H,6,8H2,1-2H3. The van der Waals surface area contributed by atoms with Crippen molar-refractivity contribution in [1.82, 2.24) is 5.32 Å². The number of benzene rings is 1. The van der Waals surface area contributed by atoms with Gasteiger partial charge in [-0.25, -0.2) is 0 Å². The number of nitrogens with zero attached hydrogens (tertiary/aromatic N) is 1. The molecule has 1 aliphatic rings. The van der Waals surface area contributed by atoms with Crippen molar-refractivity contribution in [1.29, 1.82) is 5.26 Å². The highest BCUT2D eigenvalue weighted by Gasteiger charge is 2.17. The first-order valence-corrected chi connectivity index (χ1v) is 5.15. The van der Waals surface area contributed by atoms with Gasteiger partial charge in [0.05, 0.1) is 6.07 Å². The largest absolute Gasteiger partial charge is 0.454 e. The maximum atomic E-state index is 8.87. The summed E-state index contributed by atoms with van der Waals surface area (Å²) in [7, 11) is 0. The van der Waals surface area contributed by atoms with Crippen molar-refractivity contribution in [3.05, 3.63) is 23.8 Å².